The Morgan fingerprint density at radius 3 is 2.78 bits per heavy atom. The lowest BCUT2D eigenvalue weighted by Crippen LogP contribution is -2.35. The van der Waals surface area contributed by atoms with Crippen molar-refractivity contribution in [2.75, 3.05) is 18.7 Å². The van der Waals surface area contributed by atoms with Gasteiger partial charge >= 0.3 is 13.3 Å². The van der Waals surface area contributed by atoms with Gasteiger partial charge in [-0.15, -0.1) is 0 Å². The molecule has 0 amide bonds. The zero-order valence-electron chi connectivity index (χ0n) is 12.2. The normalized spacial score (nSPS) is 24.3. The number of anilines is 1. The van der Waals surface area contributed by atoms with Gasteiger partial charge < -0.3 is 15.0 Å². The molecule has 0 bridgehead atoms. The third-order valence-electron chi connectivity index (χ3n) is 3.21. The number of rotatable bonds is 4. The van der Waals surface area contributed by atoms with E-state index in [9.17, 15) is 9.36 Å². The van der Waals surface area contributed by atoms with Gasteiger partial charge in [-0.2, -0.15) is 4.98 Å². The first-order valence-electron chi connectivity index (χ1n) is 6.97. The summed E-state index contributed by atoms with van der Waals surface area (Å²) in [4.78, 5) is 15.3. The number of hydrogen-bond acceptors (Lipinski definition) is 7. The van der Waals surface area contributed by atoms with Gasteiger partial charge in [0.1, 0.15) is 17.7 Å². The third kappa shape index (κ3) is 3.98. The molecular formula is C14H16N3O5P. The Morgan fingerprint density at radius 2 is 2.13 bits per heavy atom. The van der Waals surface area contributed by atoms with Gasteiger partial charge in [0.25, 0.3) is 0 Å². The van der Waals surface area contributed by atoms with Crippen molar-refractivity contribution in [1.82, 2.24) is 9.55 Å². The fraction of sp³-hybridized carbons (Fsp3) is 0.286. The lowest BCUT2D eigenvalue weighted by atomic mass is 10.3. The summed E-state index contributed by atoms with van der Waals surface area (Å²) < 4.78 is 30.1. The van der Waals surface area contributed by atoms with Gasteiger partial charge in [-0.05, 0) is 18.2 Å². The summed E-state index contributed by atoms with van der Waals surface area (Å²) in [7, 11) is -3.34. The molecule has 1 aromatic carbocycles. The fourth-order valence-electron chi connectivity index (χ4n) is 2.08. The van der Waals surface area contributed by atoms with Crippen molar-refractivity contribution in [3.8, 4) is 5.75 Å². The molecule has 0 aliphatic carbocycles. The summed E-state index contributed by atoms with van der Waals surface area (Å²) in [5, 5.41) is 0. The van der Waals surface area contributed by atoms with E-state index in [1.165, 1.54) is 16.8 Å². The molecule has 2 aromatic rings. The largest absolute Gasteiger partial charge is 0.423 e. The lowest BCUT2D eigenvalue weighted by molar-refractivity contribution is -0.00706. The molecule has 0 spiro atoms. The Morgan fingerprint density at radius 1 is 1.35 bits per heavy atom. The number of nitrogens with two attached hydrogens (primary N) is 1. The van der Waals surface area contributed by atoms with Crippen molar-refractivity contribution < 1.29 is 18.3 Å². The average Bonchev–Trinajstić information content (AvgIpc) is 2.53. The summed E-state index contributed by atoms with van der Waals surface area (Å²) in [6, 6.07) is 10.3. The minimum Gasteiger partial charge on any atom is -0.423 e. The summed E-state index contributed by atoms with van der Waals surface area (Å²) >= 11 is 0. The molecule has 1 saturated heterocycles. The molecule has 0 saturated carbocycles. The number of benzene rings is 1. The van der Waals surface area contributed by atoms with Crippen LogP contribution in [0.4, 0.5) is 5.82 Å². The zero-order valence-corrected chi connectivity index (χ0v) is 13.1. The number of hydrogen-bond donors (Lipinski definition) is 1. The molecule has 1 aliphatic rings. The maximum absolute atomic E-state index is 12.4. The van der Waals surface area contributed by atoms with Gasteiger partial charge in [0.2, 0.25) is 0 Å². The quantitative estimate of drug-likeness (QED) is 0.842. The molecular weight excluding hydrogens is 321 g/mol. The minimum absolute atomic E-state index is 0.0565. The van der Waals surface area contributed by atoms with Crippen LogP contribution in [-0.4, -0.2) is 28.6 Å². The molecule has 122 valence electrons. The first-order valence-corrected chi connectivity index (χ1v) is 8.70. The van der Waals surface area contributed by atoms with Crippen LogP contribution in [0.25, 0.3) is 0 Å². The average molecular weight is 337 g/mol. The van der Waals surface area contributed by atoms with E-state index >= 15 is 0 Å². The highest BCUT2D eigenvalue weighted by molar-refractivity contribution is 7.54. The van der Waals surface area contributed by atoms with Gasteiger partial charge in [0.15, 0.2) is 6.35 Å². The summed E-state index contributed by atoms with van der Waals surface area (Å²) in [6.07, 6.45) is 0.937. The highest BCUT2D eigenvalue weighted by Gasteiger charge is 2.34. The Labute approximate surface area is 132 Å². The number of nitrogen functional groups attached to an aromatic ring is 1. The smallest absolute Gasteiger partial charge is 0.404 e. The molecule has 23 heavy (non-hydrogen) atoms. The molecule has 1 aromatic heterocycles. The highest BCUT2D eigenvalue weighted by Crippen LogP contribution is 2.50. The van der Waals surface area contributed by atoms with Gasteiger partial charge in [-0.25, -0.2) is 9.36 Å². The van der Waals surface area contributed by atoms with E-state index < -0.39 is 19.4 Å². The van der Waals surface area contributed by atoms with Crippen molar-refractivity contribution in [1.29, 1.82) is 0 Å². The van der Waals surface area contributed by atoms with Crippen molar-refractivity contribution in [2.45, 2.75) is 12.6 Å². The third-order valence-corrected chi connectivity index (χ3v) is 4.71. The Kier molecular flexibility index (Phi) is 4.47. The second kappa shape index (κ2) is 6.54. The summed E-state index contributed by atoms with van der Waals surface area (Å²) in [5.74, 6) is 0.615. The Hall–Kier alpha value is -2.15. The molecule has 9 heteroatoms. The van der Waals surface area contributed by atoms with Crippen LogP contribution in [-0.2, 0) is 20.4 Å². The number of nitrogens with zero attached hydrogens (tertiary/aromatic N) is 2. The Bertz CT molecular complexity index is 767. The second-order valence-corrected chi connectivity index (χ2v) is 6.94. The van der Waals surface area contributed by atoms with E-state index in [2.05, 4.69) is 4.98 Å². The van der Waals surface area contributed by atoms with E-state index in [4.69, 9.17) is 19.5 Å². The molecule has 1 aliphatic heterocycles. The summed E-state index contributed by atoms with van der Waals surface area (Å²) in [5.41, 5.74) is 4.97. The van der Waals surface area contributed by atoms with Crippen LogP contribution in [0.3, 0.4) is 0 Å². The monoisotopic (exact) mass is 337 g/mol. The highest BCUT2D eigenvalue weighted by atomic mass is 31.2. The van der Waals surface area contributed by atoms with E-state index in [1.807, 2.05) is 6.07 Å². The molecule has 3 rings (SSSR count). The number of ether oxygens (including phenoxy) is 1. The predicted octanol–water partition coefficient (Wildman–Crippen LogP) is 1.47. The van der Waals surface area contributed by atoms with Crippen LogP contribution < -0.4 is 15.9 Å². The van der Waals surface area contributed by atoms with Gasteiger partial charge in [0.05, 0.1) is 13.2 Å². The molecule has 8 nitrogen and oxygen atoms in total. The predicted molar refractivity (Wildman–Crippen MR) is 83.3 cm³/mol. The van der Waals surface area contributed by atoms with E-state index in [0.29, 0.717) is 5.75 Å². The molecule has 1 fully saturated rings. The zero-order chi connectivity index (χ0) is 16.3. The van der Waals surface area contributed by atoms with Crippen LogP contribution in [0.2, 0.25) is 0 Å². The molecule has 2 atom stereocenters. The van der Waals surface area contributed by atoms with Crippen LogP contribution in [0.5, 0.6) is 5.75 Å². The molecule has 2 heterocycles. The summed E-state index contributed by atoms with van der Waals surface area (Å²) in [6.45, 7) is 0.290. The van der Waals surface area contributed by atoms with E-state index in [-0.39, 0.29) is 25.3 Å². The van der Waals surface area contributed by atoms with Crippen molar-refractivity contribution in [3.05, 3.63) is 53.1 Å². The van der Waals surface area contributed by atoms with Gasteiger partial charge in [0, 0.05) is 6.20 Å². The second-order valence-electron chi connectivity index (χ2n) is 5.02. The van der Waals surface area contributed by atoms with Crippen LogP contribution in [0.1, 0.15) is 0 Å². The maximum Gasteiger partial charge on any atom is 0.404 e. The topological polar surface area (TPSA) is 106 Å². The number of aromatic nitrogens is 2. The standard InChI is InChI=1S/C14H16N3O5P/c15-13-6-7-17(14(18)16-13)8-12-9-21-23(19,10-20-12)22-11-4-2-1-3-5-11/h1-7,12H,8-10H2,(H2,15,16,18)/t12-,23-/m0/s1. The first kappa shape index (κ1) is 15.7. The van der Waals surface area contributed by atoms with Crippen LogP contribution in [0.15, 0.2) is 47.4 Å². The van der Waals surface area contributed by atoms with Gasteiger partial charge in [-0.1, -0.05) is 18.2 Å². The first-order chi connectivity index (χ1) is 11.0. The van der Waals surface area contributed by atoms with Crippen LogP contribution >= 0.6 is 7.60 Å². The van der Waals surface area contributed by atoms with Crippen molar-refractivity contribution in [3.63, 3.8) is 0 Å². The Balaban J connectivity index is 1.60. The molecule has 0 radical (unpaired) electrons. The molecule has 2 N–H and O–H groups in total. The van der Waals surface area contributed by atoms with E-state index in [0.717, 1.165) is 0 Å². The van der Waals surface area contributed by atoms with Crippen molar-refractivity contribution in [2.24, 2.45) is 0 Å². The minimum atomic E-state index is -3.34. The maximum atomic E-state index is 12.4. The van der Waals surface area contributed by atoms with Crippen molar-refractivity contribution >= 4 is 13.4 Å². The molecule has 0 unspecified atom stereocenters. The van der Waals surface area contributed by atoms with Crippen LogP contribution in [0, 0.1) is 0 Å². The van der Waals surface area contributed by atoms with Gasteiger partial charge in [-0.3, -0.25) is 9.09 Å². The lowest BCUT2D eigenvalue weighted by Gasteiger charge is -2.29. The SMILES string of the molecule is Nc1ccn(C[C@H]2CO[P@](=O)(Oc3ccccc3)CO2)c(=O)n1. The number of para-hydroxylation sites is 1. The fourth-order valence-corrected chi connectivity index (χ4v) is 3.49. The van der Waals surface area contributed by atoms with E-state index in [1.54, 1.807) is 24.3 Å².